The fourth-order valence-corrected chi connectivity index (χ4v) is 2.06. The Morgan fingerprint density at radius 2 is 1.62 bits per heavy atom. The van der Waals surface area contributed by atoms with Crippen LogP contribution >= 0.6 is 11.6 Å². The first-order valence-electron chi connectivity index (χ1n) is 7.00. The van der Waals surface area contributed by atoms with Gasteiger partial charge in [-0.15, -0.1) is 0 Å². The molecule has 0 aliphatic rings. The summed E-state index contributed by atoms with van der Waals surface area (Å²) in [5, 5.41) is 6.71. The van der Waals surface area contributed by atoms with Gasteiger partial charge in [0, 0.05) is 16.4 Å². The van der Waals surface area contributed by atoms with Gasteiger partial charge in [0.1, 0.15) is 6.04 Å². The molecular weight excluding hydrogens is 284 g/mol. The topological polar surface area (TPSA) is 41.1 Å². The van der Waals surface area contributed by atoms with E-state index in [4.69, 9.17) is 11.6 Å². The van der Waals surface area contributed by atoms with Crippen molar-refractivity contribution in [3.05, 3.63) is 59.1 Å². The van der Waals surface area contributed by atoms with Crippen LogP contribution in [0, 0.1) is 0 Å². The molecule has 2 aromatic carbocycles. The summed E-state index contributed by atoms with van der Waals surface area (Å²) < 4.78 is 0. The highest BCUT2D eigenvalue weighted by molar-refractivity contribution is 6.30. The standard InChI is InChI=1S/C17H19ClN2O/c1-3-13-4-8-16(9-5-13)20-17(21)12(2)19-15-10-6-14(18)7-11-15/h4-12,19H,3H2,1-2H3,(H,20,21). The summed E-state index contributed by atoms with van der Waals surface area (Å²) in [5.74, 6) is -0.0748. The third kappa shape index (κ3) is 4.50. The van der Waals surface area contributed by atoms with Crippen molar-refractivity contribution in [3.63, 3.8) is 0 Å². The monoisotopic (exact) mass is 302 g/mol. The fourth-order valence-electron chi connectivity index (χ4n) is 1.94. The lowest BCUT2D eigenvalue weighted by Gasteiger charge is -2.15. The van der Waals surface area contributed by atoms with Crippen molar-refractivity contribution in [2.24, 2.45) is 0 Å². The summed E-state index contributed by atoms with van der Waals surface area (Å²) in [7, 11) is 0. The average molecular weight is 303 g/mol. The zero-order chi connectivity index (χ0) is 15.2. The van der Waals surface area contributed by atoms with E-state index in [1.165, 1.54) is 5.56 Å². The van der Waals surface area contributed by atoms with Gasteiger partial charge >= 0.3 is 0 Å². The first-order chi connectivity index (χ1) is 10.1. The van der Waals surface area contributed by atoms with E-state index in [1.54, 1.807) is 12.1 Å². The van der Waals surface area contributed by atoms with Crippen molar-refractivity contribution >= 4 is 28.9 Å². The van der Waals surface area contributed by atoms with Gasteiger partial charge in [0.25, 0.3) is 0 Å². The molecule has 0 aromatic heterocycles. The minimum Gasteiger partial charge on any atom is -0.374 e. The van der Waals surface area contributed by atoms with Gasteiger partial charge in [0.15, 0.2) is 0 Å². The van der Waals surface area contributed by atoms with Crippen molar-refractivity contribution in [1.82, 2.24) is 0 Å². The predicted octanol–water partition coefficient (Wildman–Crippen LogP) is 4.34. The summed E-state index contributed by atoms with van der Waals surface area (Å²) in [4.78, 5) is 12.1. The number of hydrogen-bond donors (Lipinski definition) is 2. The molecular formula is C17H19ClN2O. The highest BCUT2D eigenvalue weighted by Crippen LogP contribution is 2.15. The van der Waals surface area contributed by atoms with Gasteiger partial charge < -0.3 is 10.6 Å². The highest BCUT2D eigenvalue weighted by Gasteiger charge is 2.12. The zero-order valence-corrected chi connectivity index (χ0v) is 12.9. The maximum atomic E-state index is 12.1. The van der Waals surface area contributed by atoms with Gasteiger partial charge in [-0.1, -0.05) is 30.7 Å². The molecule has 110 valence electrons. The molecule has 2 rings (SSSR count). The van der Waals surface area contributed by atoms with E-state index in [-0.39, 0.29) is 11.9 Å². The first kappa shape index (κ1) is 15.4. The number of hydrogen-bond acceptors (Lipinski definition) is 2. The molecule has 0 bridgehead atoms. The molecule has 2 aromatic rings. The Bertz CT molecular complexity index is 593. The molecule has 1 amide bonds. The molecule has 0 saturated heterocycles. The van der Waals surface area contributed by atoms with Gasteiger partial charge in [0.2, 0.25) is 5.91 Å². The molecule has 1 unspecified atom stereocenters. The number of aryl methyl sites for hydroxylation is 1. The second-order valence-electron chi connectivity index (χ2n) is 4.91. The fraction of sp³-hybridized carbons (Fsp3) is 0.235. The summed E-state index contributed by atoms with van der Waals surface area (Å²) in [6, 6.07) is 14.8. The number of carbonyl (C=O) groups is 1. The molecule has 0 aliphatic heterocycles. The lowest BCUT2D eigenvalue weighted by molar-refractivity contribution is -0.116. The SMILES string of the molecule is CCc1ccc(NC(=O)C(C)Nc2ccc(Cl)cc2)cc1. The van der Waals surface area contributed by atoms with E-state index in [0.29, 0.717) is 5.02 Å². The molecule has 0 aliphatic carbocycles. The van der Waals surface area contributed by atoms with Gasteiger partial charge in [-0.3, -0.25) is 4.79 Å². The summed E-state index contributed by atoms with van der Waals surface area (Å²) >= 11 is 5.84. The number of carbonyl (C=O) groups excluding carboxylic acids is 1. The van der Waals surface area contributed by atoms with Crippen molar-refractivity contribution in [3.8, 4) is 0 Å². The molecule has 0 fully saturated rings. The highest BCUT2D eigenvalue weighted by atomic mass is 35.5. The third-order valence-electron chi connectivity index (χ3n) is 3.25. The van der Waals surface area contributed by atoms with Crippen LogP contribution in [-0.2, 0) is 11.2 Å². The van der Waals surface area contributed by atoms with Crippen molar-refractivity contribution in [2.75, 3.05) is 10.6 Å². The predicted molar refractivity (Wildman–Crippen MR) is 89.0 cm³/mol. The first-order valence-corrected chi connectivity index (χ1v) is 7.38. The Morgan fingerprint density at radius 3 is 2.19 bits per heavy atom. The lowest BCUT2D eigenvalue weighted by atomic mass is 10.1. The summed E-state index contributed by atoms with van der Waals surface area (Å²) in [6.45, 7) is 3.93. The van der Waals surface area contributed by atoms with Gasteiger partial charge in [-0.25, -0.2) is 0 Å². The smallest absolute Gasteiger partial charge is 0.246 e. The quantitative estimate of drug-likeness (QED) is 0.862. The molecule has 1 atom stereocenters. The Morgan fingerprint density at radius 1 is 1.05 bits per heavy atom. The maximum absolute atomic E-state index is 12.1. The Hall–Kier alpha value is -2.00. The van der Waals surface area contributed by atoms with E-state index in [2.05, 4.69) is 17.6 Å². The minimum absolute atomic E-state index is 0.0748. The van der Waals surface area contributed by atoms with Gasteiger partial charge in [-0.05, 0) is 55.3 Å². The summed E-state index contributed by atoms with van der Waals surface area (Å²) in [6.07, 6.45) is 0.989. The van der Waals surface area contributed by atoms with Crippen LogP contribution in [0.25, 0.3) is 0 Å². The second kappa shape index (κ2) is 7.14. The molecule has 2 N–H and O–H groups in total. The average Bonchev–Trinajstić information content (AvgIpc) is 2.50. The largest absolute Gasteiger partial charge is 0.374 e. The molecule has 4 heteroatoms. The zero-order valence-electron chi connectivity index (χ0n) is 12.2. The lowest BCUT2D eigenvalue weighted by Crippen LogP contribution is -2.31. The van der Waals surface area contributed by atoms with E-state index in [1.807, 2.05) is 43.3 Å². The van der Waals surface area contributed by atoms with Crippen molar-refractivity contribution in [2.45, 2.75) is 26.3 Å². The van der Waals surface area contributed by atoms with Crippen LogP contribution < -0.4 is 10.6 Å². The normalized spacial score (nSPS) is 11.8. The minimum atomic E-state index is -0.336. The number of nitrogens with one attached hydrogen (secondary N) is 2. The molecule has 3 nitrogen and oxygen atoms in total. The van der Waals surface area contributed by atoms with E-state index in [9.17, 15) is 4.79 Å². The van der Waals surface area contributed by atoms with Crippen LogP contribution in [0.5, 0.6) is 0 Å². The number of rotatable bonds is 5. The molecule has 0 radical (unpaired) electrons. The van der Waals surface area contributed by atoms with Crippen LogP contribution in [0.15, 0.2) is 48.5 Å². The molecule has 0 spiro atoms. The van der Waals surface area contributed by atoms with E-state index >= 15 is 0 Å². The van der Waals surface area contributed by atoms with Crippen molar-refractivity contribution < 1.29 is 4.79 Å². The van der Waals surface area contributed by atoms with Crippen LogP contribution in [0.1, 0.15) is 19.4 Å². The number of benzene rings is 2. The Balaban J connectivity index is 1.93. The van der Waals surface area contributed by atoms with E-state index in [0.717, 1.165) is 17.8 Å². The van der Waals surface area contributed by atoms with Crippen LogP contribution in [0.3, 0.4) is 0 Å². The number of amides is 1. The van der Waals surface area contributed by atoms with Gasteiger partial charge in [0.05, 0.1) is 0 Å². The Kier molecular flexibility index (Phi) is 5.23. The van der Waals surface area contributed by atoms with Gasteiger partial charge in [-0.2, -0.15) is 0 Å². The maximum Gasteiger partial charge on any atom is 0.246 e. The molecule has 0 saturated carbocycles. The number of halogens is 1. The van der Waals surface area contributed by atoms with Crippen LogP contribution in [0.2, 0.25) is 5.02 Å². The van der Waals surface area contributed by atoms with Crippen LogP contribution in [-0.4, -0.2) is 11.9 Å². The van der Waals surface area contributed by atoms with Crippen molar-refractivity contribution in [1.29, 1.82) is 0 Å². The summed E-state index contributed by atoms with van der Waals surface area (Å²) in [5.41, 5.74) is 2.92. The number of anilines is 2. The second-order valence-corrected chi connectivity index (χ2v) is 5.35. The molecule has 0 heterocycles. The Labute approximate surface area is 130 Å². The van der Waals surface area contributed by atoms with E-state index < -0.39 is 0 Å². The third-order valence-corrected chi connectivity index (χ3v) is 3.50. The van der Waals surface area contributed by atoms with Crippen LogP contribution in [0.4, 0.5) is 11.4 Å². The molecule has 21 heavy (non-hydrogen) atoms.